The van der Waals surface area contributed by atoms with Crippen molar-refractivity contribution in [3.05, 3.63) is 29.8 Å². The molecule has 1 unspecified atom stereocenters. The van der Waals surface area contributed by atoms with Gasteiger partial charge in [-0.15, -0.1) is 6.42 Å². The Morgan fingerprint density at radius 2 is 2.36 bits per heavy atom. The topological polar surface area (TPSA) is 21.3 Å². The molecular weight excluding hydrogens is 174 g/mol. The highest BCUT2D eigenvalue weighted by Gasteiger charge is 2.19. The zero-order valence-corrected chi connectivity index (χ0v) is 7.99. The molecule has 2 rings (SSSR count). The summed E-state index contributed by atoms with van der Waals surface area (Å²) in [4.78, 5) is 0. The third-order valence-electron chi connectivity index (χ3n) is 2.41. The van der Waals surface area contributed by atoms with Crippen molar-refractivity contribution in [2.45, 2.75) is 12.5 Å². The molecule has 1 aromatic carbocycles. The Balaban J connectivity index is 2.18. The lowest BCUT2D eigenvalue weighted by Crippen LogP contribution is -2.27. The summed E-state index contributed by atoms with van der Waals surface area (Å²) >= 11 is 0. The van der Waals surface area contributed by atoms with Gasteiger partial charge in [0, 0.05) is 18.0 Å². The van der Waals surface area contributed by atoms with Gasteiger partial charge < -0.3 is 4.74 Å². The van der Waals surface area contributed by atoms with Gasteiger partial charge in [-0.25, -0.2) is 0 Å². The number of hydrogen-bond acceptors (Lipinski definition) is 2. The van der Waals surface area contributed by atoms with Crippen molar-refractivity contribution < 1.29 is 4.74 Å². The van der Waals surface area contributed by atoms with Gasteiger partial charge in [0.05, 0.1) is 13.2 Å². The van der Waals surface area contributed by atoms with Crippen LogP contribution in [0.4, 0.5) is 0 Å². The van der Waals surface area contributed by atoms with E-state index in [1.807, 2.05) is 18.2 Å². The fourth-order valence-corrected chi connectivity index (χ4v) is 1.74. The van der Waals surface area contributed by atoms with E-state index in [0.29, 0.717) is 12.6 Å². The molecule has 1 atom stereocenters. The molecular formula is C12H13NO. The highest BCUT2D eigenvalue weighted by atomic mass is 16.5. The monoisotopic (exact) mass is 187 g/mol. The van der Waals surface area contributed by atoms with E-state index in [9.17, 15) is 0 Å². The van der Waals surface area contributed by atoms with E-state index in [0.717, 1.165) is 18.8 Å². The van der Waals surface area contributed by atoms with Crippen molar-refractivity contribution in [2.75, 3.05) is 13.2 Å². The number of para-hydroxylation sites is 1. The van der Waals surface area contributed by atoms with Crippen molar-refractivity contribution in [3.63, 3.8) is 0 Å². The maximum atomic E-state index is 5.54. The highest BCUT2D eigenvalue weighted by Crippen LogP contribution is 2.31. The van der Waals surface area contributed by atoms with Crippen LogP contribution in [0.1, 0.15) is 18.0 Å². The molecule has 1 heterocycles. The summed E-state index contributed by atoms with van der Waals surface area (Å²) in [5.74, 6) is 3.57. The van der Waals surface area contributed by atoms with Crippen LogP contribution in [0.15, 0.2) is 24.3 Å². The van der Waals surface area contributed by atoms with Gasteiger partial charge in [-0.3, -0.25) is 5.32 Å². The minimum absolute atomic E-state index is 0.344. The molecule has 0 aromatic heterocycles. The lowest BCUT2D eigenvalue weighted by atomic mass is 10.0. The molecule has 1 aromatic rings. The van der Waals surface area contributed by atoms with Crippen LogP contribution in [-0.4, -0.2) is 13.2 Å². The number of fused-ring (bicyclic) bond motifs is 1. The third-order valence-corrected chi connectivity index (χ3v) is 2.41. The van der Waals surface area contributed by atoms with Crippen LogP contribution < -0.4 is 10.1 Å². The second-order valence-corrected chi connectivity index (χ2v) is 3.31. The fourth-order valence-electron chi connectivity index (χ4n) is 1.74. The molecule has 1 aliphatic rings. The Hall–Kier alpha value is -1.46. The number of nitrogens with one attached hydrogen (secondary N) is 1. The molecule has 0 fully saturated rings. The zero-order chi connectivity index (χ0) is 9.80. The third kappa shape index (κ3) is 1.73. The van der Waals surface area contributed by atoms with Crippen LogP contribution in [0.3, 0.4) is 0 Å². The SMILES string of the molecule is C#CCNC1CCOc2ccccc21. The molecule has 0 spiro atoms. The summed E-state index contributed by atoms with van der Waals surface area (Å²) in [6, 6.07) is 8.44. The summed E-state index contributed by atoms with van der Waals surface area (Å²) in [5, 5.41) is 3.31. The summed E-state index contributed by atoms with van der Waals surface area (Å²) in [5.41, 5.74) is 1.22. The first-order chi connectivity index (χ1) is 6.92. The Labute approximate surface area is 84.3 Å². The second-order valence-electron chi connectivity index (χ2n) is 3.31. The molecule has 0 bridgehead atoms. The first-order valence-corrected chi connectivity index (χ1v) is 4.80. The van der Waals surface area contributed by atoms with Crippen molar-refractivity contribution >= 4 is 0 Å². The average Bonchev–Trinajstić information content (AvgIpc) is 2.26. The van der Waals surface area contributed by atoms with Crippen molar-refractivity contribution in [3.8, 4) is 18.1 Å². The van der Waals surface area contributed by atoms with Gasteiger partial charge in [0.2, 0.25) is 0 Å². The lowest BCUT2D eigenvalue weighted by Gasteiger charge is -2.25. The molecule has 0 amide bonds. The van der Waals surface area contributed by atoms with Crippen molar-refractivity contribution in [1.82, 2.24) is 5.32 Å². The predicted octanol–water partition coefficient (Wildman–Crippen LogP) is 1.73. The smallest absolute Gasteiger partial charge is 0.124 e. The minimum atomic E-state index is 0.344. The van der Waals surface area contributed by atoms with Gasteiger partial charge >= 0.3 is 0 Å². The standard InChI is InChI=1S/C12H13NO/c1-2-8-13-11-7-9-14-12-6-4-3-5-10(11)12/h1,3-6,11,13H,7-9H2. The summed E-state index contributed by atoms with van der Waals surface area (Å²) in [6.07, 6.45) is 6.21. The summed E-state index contributed by atoms with van der Waals surface area (Å²) in [6.45, 7) is 1.37. The largest absolute Gasteiger partial charge is 0.493 e. The maximum Gasteiger partial charge on any atom is 0.124 e. The number of terminal acetylenes is 1. The highest BCUT2D eigenvalue weighted by molar-refractivity contribution is 5.37. The van der Waals surface area contributed by atoms with Crippen molar-refractivity contribution in [1.29, 1.82) is 0 Å². The molecule has 14 heavy (non-hydrogen) atoms. The van der Waals surface area contributed by atoms with E-state index in [2.05, 4.69) is 17.3 Å². The van der Waals surface area contributed by atoms with Crippen LogP contribution in [0.5, 0.6) is 5.75 Å². The lowest BCUT2D eigenvalue weighted by molar-refractivity contribution is 0.255. The quantitative estimate of drug-likeness (QED) is 0.712. The normalized spacial score (nSPS) is 19.2. The van der Waals surface area contributed by atoms with Crippen molar-refractivity contribution in [2.24, 2.45) is 0 Å². The van der Waals surface area contributed by atoms with E-state index in [4.69, 9.17) is 11.2 Å². The van der Waals surface area contributed by atoms with Gasteiger partial charge in [-0.05, 0) is 6.07 Å². The first-order valence-electron chi connectivity index (χ1n) is 4.80. The van der Waals surface area contributed by atoms with E-state index < -0.39 is 0 Å². The van der Waals surface area contributed by atoms with Crippen LogP contribution in [-0.2, 0) is 0 Å². The predicted molar refractivity (Wildman–Crippen MR) is 56.1 cm³/mol. The average molecular weight is 187 g/mol. The van der Waals surface area contributed by atoms with Gasteiger partial charge in [0.15, 0.2) is 0 Å². The molecule has 1 aliphatic heterocycles. The molecule has 0 radical (unpaired) electrons. The van der Waals surface area contributed by atoms with E-state index in [1.165, 1.54) is 5.56 Å². The maximum absolute atomic E-state index is 5.54. The van der Waals surface area contributed by atoms with Gasteiger partial charge in [0.25, 0.3) is 0 Å². The molecule has 72 valence electrons. The van der Waals surface area contributed by atoms with Crippen LogP contribution in [0.25, 0.3) is 0 Å². The summed E-state index contributed by atoms with van der Waals surface area (Å²) in [7, 11) is 0. The van der Waals surface area contributed by atoms with Crippen LogP contribution in [0, 0.1) is 12.3 Å². The number of hydrogen-bond donors (Lipinski definition) is 1. The van der Waals surface area contributed by atoms with Gasteiger partial charge in [0.1, 0.15) is 5.75 Å². The molecule has 2 nitrogen and oxygen atoms in total. The Morgan fingerprint density at radius 3 is 3.21 bits per heavy atom. The van der Waals surface area contributed by atoms with Gasteiger partial charge in [-0.1, -0.05) is 24.1 Å². The molecule has 0 aliphatic carbocycles. The Kier molecular flexibility index (Phi) is 2.71. The van der Waals surface area contributed by atoms with Crippen LogP contribution >= 0.6 is 0 Å². The van der Waals surface area contributed by atoms with Crippen LogP contribution in [0.2, 0.25) is 0 Å². The first kappa shape index (κ1) is 9.11. The van der Waals surface area contributed by atoms with Gasteiger partial charge in [-0.2, -0.15) is 0 Å². The van der Waals surface area contributed by atoms with E-state index in [-0.39, 0.29) is 0 Å². The van der Waals surface area contributed by atoms with E-state index >= 15 is 0 Å². The molecule has 2 heteroatoms. The minimum Gasteiger partial charge on any atom is -0.493 e. The molecule has 0 saturated carbocycles. The number of rotatable bonds is 2. The fraction of sp³-hybridized carbons (Fsp3) is 0.333. The molecule has 0 saturated heterocycles. The Bertz CT molecular complexity index is 354. The summed E-state index contributed by atoms with van der Waals surface area (Å²) < 4.78 is 5.54. The second kappa shape index (κ2) is 4.17. The molecule has 1 N–H and O–H groups in total. The number of benzene rings is 1. The number of ether oxygens (including phenoxy) is 1. The Morgan fingerprint density at radius 1 is 1.50 bits per heavy atom. The van der Waals surface area contributed by atoms with E-state index in [1.54, 1.807) is 0 Å². The zero-order valence-electron chi connectivity index (χ0n) is 7.99.